The zero-order chi connectivity index (χ0) is 12.7. The highest BCUT2D eigenvalue weighted by atomic mass is 15.3. The molecule has 0 aliphatic rings. The second-order valence-electron chi connectivity index (χ2n) is 4.92. The molecule has 0 bridgehead atoms. The Balaban J connectivity index is 2.31. The maximum atomic E-state index is 4.33. The smallest absolute Gasteiger partial charge is 0.0522 e. The Bertz CT molecular complexity index is 306. The zero-order valence-electron chi connectivity index (χ0n) is 11.6. The van der Waals surface area contributed by atoms with Gasteiger partial charge in [-0.05, 0) is 46.5 Å². The zero-order valence-corrected chi connectivity index (χ0v) is 11.6. The number of rotatable bonds is 8. The van der Waals surface area contributed by atoms with E-state index >= 15 is 0 Å². The van der Waals surface area contributed by atoms with Crippen LogP contribution in [-0.2, 0) is 13.1 Å². The third-order valence-corrected chi connectivity index (χ3v) is 2.88. The lowest BCUT2D eigenvalue weighted by molar-refractivity contribution is 0.363. The summed E-state index contributed by atoms with van der Waals surface area (Å²) in [5.41, 5.74) is 1.28. The Morgan fingerprint density at radius 2 is 2.24 bits per heavy atom. The number of hydrogen-bond acceptors (Lipinski definition) is 3. The molecule has 1 rings (SSSR count). The summed E-state index contributed by atoms with van der Waals surface area (Å²) in [6.07, 6.45) is 4.19. The van der Waals surface area contributed by atoms with E-state index in [1.54, 1.807) is 0 Å². The molecule has 0 aliphatic carbocycles. The average molecular weight is 238 g/mol. The van der Waals surface area contributed by atoms with Crippen LogP contribution in [0.1, 0.15) is 32.4 Å². The molecule has 0 aliphatic heterocycles. The van der Waals surface area contributed by atoms with Gasteiger partial charge in [-0.3, -0.25) is 4.68 Å². The first kappa shape index (κ1) is 14.2. The monoisotopic (exact) mass is 238 g/mol. The maximum Gasteiger partial charge on any atom is 0.0522 e. The quantitative estimate of drug-likeness (QED) is 0.748. The fourth-order valence-electron chi connectivity index (χ4n) is 1.76. The van der Waals surface area contributed by atoms with E-state index in [0.29, 0.717) is 6.04 Å². The highest BCUT2D eigenvalue weighted by Crippen LogP contribution is 2.01. The van der Waals surface area contributed by atoms with Crippen molar-refractivity contribution in [1.82, 2.24) is 20.0 Å². The second-order valence-corrected chi connectivity index (χ2v) is 4.92. The molecule has 17 heavy (non-hydrogen) atoms. The molecule has 1 atom stereocenters. The van der Waals surface area contributed by atoms with Gasteiger partial charge in [-0.25, -0.2) is 0 Å². The van der Waals surface area contributed by atoms with Crippen molar-refractivity contribution >= 4 is 0 Å². The van der Waals surface area contributed by atoms with Crippen LogP contribution in [0, 0.1) is 0 Å². The van der Waals surface area contributed by atoms with E-state index in [-0.39, 0.29) is 0 Å². The first-order valence-corrected chi connectivity index (χ1v) is 6.52. The molecule has 0 saturated carbocycles. The van der Waals surface area contributed by atoms with Crippen molar-refractivity contribution in [2.75, 3.05) is 20.6 Å². The van der Waals surface area contributed by atoms with E-state index in [1.165, 1.54) is 12.1 Å². The molecule has 0 spiro atoms. The summed E-state index contributed by atoms with van der Waals surface area (Å²) >= 11 is 0. The van der Waals surface area contributed by atoms with Gasteiger partial charge in [0.05, 0.1) is 5.69 Å². The summed E-state index contributed by atoms with van der Waals surface area (Å²) in [6, 6.07) is 2.64. The van der Waals surface area contributed by atoms with E-state index in [4.69, 9.17) is 0 Å². The summed E-state index contributed by atoms with van der Waals surface area (Å²) < 4.78 is 2.09. The molecule has 98 valence electrons. The van der Waals surface area contributed by atoms with Crippen molar-refractivity contribution in [3.63, 3.8) is 0 Å². The van der Waals surface area contributed by atoms with Gasteiger partial charge in [-0.15, -0.1) is 0 Å². The first-order valence-electron chi connectivity index (χ1n) is 6.52. The first-order chi connectivity index (χ1) is 8.13. The lowest BCUT2D eigenvalue weighted by Crippen LogP contribution is -2.30. The van der Waals surface area contributed by atoms with Crippen molar-refractivity contribution in [2.45, 2.75) is 45.8 Å². The molecule has 0 radical (unpaired) electrons. The third-order valence-electron chi connectivity index (χ3n) is 2.88. The SMILES string of the molecule is CCCn1nccc1CNC(C)CCN(C)C. The van der Waals surface area contributed by atoms with Gasteiger partial charge < -0.3 is 10.2 Å². The van der Waals surface area contributed by atoms with Crippen LogP contribution in [0.3, 0.4) is 0 Å². The Labute approximate surface area is 105 Å². The summed E-state index contributed by atoms with van der Waals surface area (Å²) in [6.45, 7) is 7.47. The molecule has 0 amide bonds. The van der Waals surface area contributed by atoms with E-state index in [1.807, 2.05) is 6.20 Å². The molecule has 1 N–H and O–H groups in total. The topological polar surface area (TPSA) is 33.1 Å². The maximum absolute atomic E-state index is 4.33. The molecule has 1 heterocycles. The van der Waals surface area contributed by atoms with Gasteiger partial charge in [0.2, 0.25) is 0 Å². The van der Waals surface area contributed by atoms with Gasteiger partial charge in [0, 0.05) is 25.3 Å². The molecular formula is C13H26N4. The molecule has 0 saturated heterocycles. The molecule has 1 unspecified atom stereocenters. The van der Waals surface area contributed by atoms with Crippen LogP contribution >= 0.6 is 0 Å². The van der Waals surface area contributed by atoms with Crippen molar-refractivity contribution in [2.24, 2.45) is 0 Å². The van der Waals surface area contributed by atoms with Crippen LogP contribution in [0.5, 0.6) is 0 Å². The van der Waals surface area contributed by atoms with Crippen molar-refractivity contribution in [3.05, 3.63) is 18.0 Å². The lowest BCUT2D eigenvalue weighted by Gasteiger charge is -2.17. The Morgan fingerprint density at radius 3 is 2.88 bits per heavy atom. The summed E-state index contributed by atoms with van der Waals surface area (Å²) in [7, 11) is 4.23. The molecule has 1 aromatic heterocycles. The molecular weight excluding hydrogens is 212 g/mol. The van der Waals surface area contributed by atoms with Gasteiger partial charge in [-0.2, -0.15) is 5.10 Å². The predicted octanol–water partition coefficient (Wildman–Crippen LogP) is 1.72. The van der Waals surface area contributed by atoms with Crippen LogP contribution in [0.15, 0.2) is 12.3 Å². The summed E-state index contributed by atoms with van der Waals surface area (Å²) in [4.78, 5) is 2.22. The molecule has 0 aromatic carbocycles. The van der Waals surface area contributed by atoms with E-state index in [0.717, 1.165) is 26.1 Å². The molecule has 0 fully saturated rings. The standard InChI is InChI=1S/C13H26N4/c1-5-9-17-13(6-8-15-17)11-14-12(2)7-10-16(3)4/h6,8,12,14H,5,7,9-11H2,1-4H3. The molecule has 1 aromatic rings. The number of hydrogen-bond donors (Lipinski definition) is 1. The highest BCUT2D eigenvalue weighted by molar-refractivity contribution is 5.00. The van der Waals surface area contributed by atoms with Crippen LogP contribution in [0.25, 0.3) is 0 Å². The minimum Gasteiger partial charge on any atom is -0.309 e. The second kappa shape index (κ2) is 7.45. The summed E-state index contributed by atoms with van der Waals surface area (Å²) in [5.74, 6) is 0. The number of aromatic nitrogens is 2. The van der Waals surface area contributed by atoms with Crippen molar-refractivity contribution in [1.29, 1.82) is 0 Å². The van der Waals surface area contributed by atoms with Crippen molar-refractivity contribution < 1.29 is 0 Å². The van der Waals surface area contributed by atoms with Gasteiger partial charge in [-0.1, -0.05) is 6.92 Å². The largest absolute Gasteiger partial charge is 0.309 e. The van der Waals surface area contributed by atoms with Gasteiger partial charge in [0.15, 0.2) is 0 Å². The molecule has 4 heteroatoms. The predicted molar refractivity (Wildman–Crippen MR) is 72.0 cm³/mol. The minimum absolute atomic E-state index is 0.544. The Hall–Kier alpha value is -0.870. The fraction of sp³-hybridized carbons (Fsp3) is 0.769. The summed E-state index contributed by atoms with van der Waals surface area (Å²) in [5, 5.41) is 7.88. The fourth-order valence-corrected chi connectivity index (χ4v) is 1.76. The van der Waals surface area contributed by atoms with E-state index < -0.39 is 0 Å². The Kier molecular flexibility index (Phi) is 6.22. The number of nitrogens with one attached hydrogen (secondary N) is 1. The van der Waals surface area contributed by atoms with Crippen LogP contribution in [0.4, 0.5) is 0 Å². The Morgan fingerprint density at radius 1 is 1.47 bits per heavy atom. The van der Waals surface area contributed by atoms with Gasteiger partial charge in [0.1, 0.15) is 0 Å². The van der Waals surface area contributed by atoms with Crippen molar-refractivity contribution in [3.8, 4) is 0 Å². The van der Waals surface area contributed by atoms with Crippen LogP contribution < -0.4 is 5.32 Å². The highest BCUT2D eigenvalue weighted by Gasteiger charge is 2.05. The number of aryl methyl sites for hydroxylation is 1. The van der Waals surface area contributed by atoms with E-state index in [2.05, 4.69) is 54.0 Å². The number of nitrogens with zero attached hydrogens (tertiary/aromatic N) is 3. The normalized spacial score (nSPS) is 13.2. The van der Waals surface area contributed by atoms with Gasteiger partial charge >= 0.3 is 0 Å². The third kappa shape index (κ3) is 5.33. The van der Waals surface area contributed by atoms with Crippen LogP contribution in [0.2, 0.25) is 0 Å². The van der Waals surface area contributed by atoms with Gasteiger partial charge in [0.25, 0.3) is 0 Å². The average Bonchev–Trinajstić information content (AvgIpc) is 2.71. The molecule has 4 nitrogen and oxygen atoms in total. The lowest BCUT2D eigenvalue weighted by atomic mass is 10.2. The van der Waals surface area contributed by atoms with Crippen LogP contribution in [-0.4, -0.2) is 41.4 Å². The van der Waals surface area contributed by atoms with E-state index in [9.17, 15) is 0 Å². The minimum atomic E-state index is 0.544.